The minimum atomic E-state index is -0.818. The summed E-state index contributed by atoms with van der Waals surface area (Å²) in [6.45, 7) is 4.62. The summed E-state index contributed by atoms with van der Waals surface area (Å²) in [6.07, 6.45) is 0.591. The first-order valence-electron chi connectivity index (χ1n) is 5.64. The van der Waals surface area contributed by atoms with Crippen LogP contribution in [0.15, 0.2) is 0 Å². The van der Waals surface area contributed by atoms with Crippen molar-refractivity contribution in [3.05, 3.63) is 0 Å². The van der Waals surface area contributed by atoms with E-state index in [1.807, 2.05) is 13.8 Å². The molecule has 16 heavy (non-hydrogen) atoms. The van der Waals surface area contributed by atoms with Crippen molar-refractivity contribution in [3.8, 4) is 0 Å². The molecule has 5 nitrogen and oxygen atoms in total. The number of carboxylic acids is 1. The van der Waals surface area contributed by atoms with Crippen molar-refractivity contribution in [1.29, 1.82) is 0 Å². The number of aliphatic carboxylic acids is 1. The fourth-order valence-corrected chi connectivity index (χ4v) is 2.03. The third-order valence-electron chi connectivity index (χ3n) is 3.01. The van der Waals surface area contributed by atoms with Gasteiger partial charge in [-0.1, -0.05) is 13.8 Å². The van der Waals surface area contributed by atoms with Crippen LogP contribution in [0.3, 0.4) is 0 Å². The average molecular weight is 228 g/mol. The highest BCUT2D eigenvalue weighted by molar-refractivity contribution is 5.79. The number of carboxylic acid groups (broad SMARTS) is 1. The van der Waals surface area contributed by atoms with E-state index in [0.717, 1.165) is 0 Å². The minimum absolute atomic E-state index is 0.0335. The van der Waals surface area contributed by atoms with Gasteiger partial charge in [0.15, 0.2) is 0 Å². The van der Waals surface area contributed by atoms with Crippen molar-refractivity contribution >= 4 is 11.9 Å². The van der Waals surface area contributed by atoms with Crippen LogP contribution in [0.4, 0.5) is 0 Å². The second-order valence-corrected chi connectivity index (χ2v) is 4.65. The normalized spacial score (nSPS) is 25.9. The summed E-state index contributed by atoms with van der Waals surface area (Å²) in [5.74, 6) is -1.31. The molecule has 0 saturated carbocycles. The Kier molecular flexibility index (Phi) is 4.29. The lowest BCUT2D eigenvalue weighted by molar-refractivity contribution is -0.147. The van der Waals surface area contributed by atoms with Gasteiger partial charge in [0.25, 0.3) is 0 Å². The summed E-state index contributed by atoms with van der Waals surface area (Å²) in [5, 5.41) is 12.1. The number of carbonyl (C=O) groups is 2. The quantitative estimate of drug-likeness (QED) is 0.722. The molecule has 0 spiro atoms. The smallest absolute Gasteiger partial charge is 0.308 e. The predicted octanol–water partition coefficient (Wildman–Crippen LogP) is 0.164. The van der Waals surface area contributed by atoms with Gasteiger partial charge in [-0.2, -0.15) is 0 Å². The molecule has 1 heterocycles. The second-order valence-electron chi connectivity index (χ2n) is 4.65. The molecule has 5 heteroatoms. The molecule has 92 valence electrons. The lowest BCUT2D eigenvalue weighted by Crippen LogP contribution is -2.53. The number of nitrogens with one attached hydrogen (secondary N) is 1. The van der Waals surface area contributed by atoms with E-state index in [4.69, 9.17) is 5.11 Å². The fraction of sp³-hybridized carbons (Fsp3) is 0.818. The first-order chi connectivity index (χ1) is 7.45. The van der Waals surface area contributed by atoms with Crippen molar-refractivity contribution in [1.82, 2.24) is 10.2 Å². The highest BCUT2D eigenvalue weighted by Gasteiger charge is 2.33. The molecule has 2 unspecified atom stereocenters. The topological polar surface area (TPSA) is 69.6 Å². The highest BCUT2D eigenvalue weighted by atomic mass is 16.4. The van der Waals surface area contributed by atoms with Crippen LogP contribution in [-0.2, 0) is 9.59 Å². The van der Waals surface area contributed by atoms with Gasteiger partial charge in [-0.15, -0.1) is 0 Å². The number of likely N-dealkylation sites (tertiary alicyclic amines) is 1. The molecule has 1 aliphatic rings. The molecule has 0 bridgehead atoms. The maximum atomic E-state index is 11.8. The van der Waals surface area contributed by atoms with E-state index in [1.165, 1.54) is 0 Å². The van der Waals surface area contributed by atoms with E-state index in [-0.39, 0.29) is 17.9 Å². The number of hydrogen-bond acceptors (Lipinski definition) is 3. The minimum Gasteiger partial charge on any atom is -0.481 e. The Bertz CT molecular complexity index is 278. The maximum absolute atomic E-state index is 11.8. The van der Waals surface area contributed by atoms with Crippen molar-refractivity contribution < 1.29 is 14.7 Å². The molecule has 0 aromatic rings. The molecular weight excluding hydrogens is 208 g/mol. The van der Waals surface area contributed by atoms with Crippen LogP contribution in [0.1, 0.15) is 20.3 Å². The molecule has 1 amide bonds. The molecule has 0 aromatic heterocycles. The molecule has 2 N–H and O–H groups in total. The van der Waals surface area contributed by atoms with E-state index < -0.39 is 11.9 Å². The molecule has 1 fully saturated rings. The standard InChI is InChI=1S/C11H20N2O3/c1-7(2)10(14)13-5-8(11(15)16)4-9(6-13)12-3/h7-9,12H,4-6H2,1-3H3,(H,15,16). The van der Waals surface area contributed by atoms with Gasteiger partial charge in [0.2, 0.25) is 5.91 Å². The maximum Gasteiger partial charge on any atom is 0.308 e. The zero-order valence-electron chi connectivity index (χ0n) is 10.1. The van der Waals surface area contributed by atoms with E-state index in [2.05, 4.69) is 5.32 Å². The SMILES string of the molecule is CNC1CC(C(=O)O)CN(C(=O)C(C)C)C1. The molecular formula is C11H20N2O3. The van der Waals surface area contributed by atoms with Crippen LogP contribution in [0.25, 0.3) is 0 Å². The Labute approximate surface area is 95.8 Å². The Morgan fingerprint density at radius 1 is 1.38 bits per heavy atom. The van der Waals surface area contributed by atoms with Gasteiger partial charge >= 0.3 is 5.97 Å². The second kappa shape index (κ2) is 5.30. The van der Waals surface area contributed by atoms with Gasteiger partial charge in [-0.25, -0.2) is 0 Å². The number of amides is 1. The molecule has 2 atom stereocenters. The lowest BCUT2D eigenvalue weighted by atomic mass is 9.93. The van der Waals surface area contributed by atoms with Gasteiger partial charge < -0.3 is 15.3 Å². The van der Waals surface area contributed by atoms with Gasteiger partial charge in [0.1, 0.15) is 0 Å². The Morgan fingerprint density at radius 3 is 2.44 bits per heavy atom. The molecule has 0 radical (unpaired) electrons. The van der Waals surface area contributed by atoms with Crippen molar-refractivity contribution in [2.24, 2.45) is 11.8 Å². The van der Waals surface area contributed by atoms with Gasteiger partial charge in [0.05, 0.1) is 5.92 Å². The average Bonchev–Trinajstić information content (AvgIpc) is 2.27. The highest BCUT2D eigenvalue weighted by Crippen LogP contribution is 2.18. The van der Waals surface area contributed by atoms with Crippen LogP contribution in [0.2, 0.25) is 0 Å². The van der Waals surface area contributed by atoms with Crippen molar-refractivity contribution in [2.45, 2.75) is 26.3 Å². The molecule has 1 aliphatic heterocycles. The van der Waals surface area contributed by atoms with Crippen LogP contribution < -0.4 is 5.32 Å². The van der Waals surface area contributed by atoms with Gasteiger partial charge in [0, 0.05) is 25.0 Å². The molecule has 1 saturated heterocycles. The van der Waals surface area contributed by atoms with E-state index in [1.54, 1.807) is 11.9 Å². The summed E-state index contributed by atoms with van der Waals surface area (Å²) in [7, 11) is 1.80. The summed E-state index contributed by atoms with van der Waals surface area (Å²) >= 11 is 0. The summed E-state index contributed by atoms with van der Waals surface area (Å²) in [6, 6.07) is 0.0811. The zero-order chi connectivity index (χ0) is 12.3. The Morgan fingerprint density at radius 2 is 2.00 bits per heavy atom. The largest absolute Gasteiger partial charge is 0.481 e. The number of rotatable bonds is 3. The fourth-order valence-electron chi connectivity index (χ4n) is 2.03. The zero-order valence-corrected chi connectivity index (χ0v) is 10.1. The molecule has 0 aromatic carbocycles. The number of likely N-dealkylation sites (N-methyl/N-ethyl adjacent to an activating group) is 1. The van der Waals surface area contributed by atoms with Crippen LogP contribution in [0, 0.1) is 11.8 Å². The van der Waals surface area contributed by atoms with Gasteiger partial charge in [-0.3, -0.25) is 9.59 Å². The number of nitrogens with zero attached hydrogens (tertiary/aromatic N) is 1. The summed E-state index contributed by atoms with van der Waals surface area (Å²) in [5.41, 5.74) is 0. The third kappa shape index (κ3) is 2.95. The summed E-state index contributed by atoms with van der Waals surface area (Å²) < 4.78 is 0. The molecule has 0 aliphatic carbocycles. The Hall–Kier alpha value is -1.10. The predicted molar refractivity (Wildman–Crippen MR) is 60.0 cm³/mol. The Balaban J connectivity index is 2.71. The molecule has 1 rings (SSSR count). The van der Waals surface area contributed by atoms with Gasteiger partial charge in [-0.05, 0) is 13.5 Å². The van der Waals surface area contributed by atoms with Crippen LogP contribution in [0.5, 0.6) is 0 Å². The number of hydrogen-bond donors (Lipinski definition) is 2. The number of carbonyl (C=O) groups excluding carboxylic acids is 1. The lowest BCUT2D eigenvalue weighted by Gasteiger charge is -2.36. The first-order valence-corrected chi connectivity index (χ1v) is 5.64. The van der Waals surface area contributed by atoms with E-state index in [0.29, 0.717) is 19.5 Å². The van der Waals surface area contributed by atoms with Crippen molar-refractivity contribution in [2.75, 3.05) is 20.1 Å². The van der Waals surface area contributed by atoms with E-state index >= 15 is 0 Å². The summed E-state index contributed by atoms with van der Waals surface area (Å²) in [4.78, 5) is 24.5. The van der Waals surface area contributed by atoms with E-state index in [9.17, 15) is 9.59 Å². The monoisotopic (exact) mass is 228 g/mol. The van der Waals surface area contributed by atoms with Crippen LogP contribution in [-0.4, -0.2) is 48.1 Å². The number of piperidine rings is 1. The van der Waals surface area contributed by atoms with Crippen LogP contribution >= 0.6 is 0 Å². The van der Waals surface area contributed by atoms with Crippen molar-refractivity contribution in [3.63, 3.8) is 0 Å². The third-order valence-corrected chi connectivity index (χ3v) is 3.01. The first kappa shape index (κ1) is 13.0.